The number of hydrogen-bond acceptors (Lipinski definition) is 4. The molecule has 0 aromatic heterocycles. The van der Waals surface area contributed by atoms with Gasteiger partial charge in [0.25, 0.3) is 0 Å². The first-order valence-corrected chi connectivity index (χ1v) is 9.56. The molecular formula is C20H31ClN4O3. The number of nitrogens with zero attached hydrogens (tertiary/aromatic N) is 2. The van der Waals surface area contributed by atoms with Crippen LogP contribution in [-0.4, -0.2) is 60.2 Å². The lowest BCUT2D eigenvalue weighted by molar-refractivity contribution is -0.136. The average molecular weight is 411 g/mol. The van der Waals surface area contributed by atoms with Crippen LogP contribution in [0.15, 0.2) is 30.3 Å². The van der Waals surface area contributed by atoms with Gasteiger partial charge in [-0.2, -0.15) is 0 Å². The maximum Gasteiger partial charge on any atom is 0.224 e. The number of amides is 3. The lowest BCUT2D eigenvalue weighted by Gasteiger charge is -2.32. The van der Waals surface area contributed by atoms with Gasteiger partial charge in [-0.05, 0) is 18.4 Å². The number of benzene rings is 1. The molecule has 1 atom stereocenters. The number of rotatable bonds is 8. The van der Waals surface area contributed by atoms with Gasteiger partial charge in [-0.15, -0.1) is 12.4 Å². The lowest BCUT2D eigenvalue weighted by Crippen LogP contribution is -2.46. The Kier molecular flexibility index (Phi) is 10.6. The van der Waals surface area contributed by atoms with Crippen LogP contribution in [0.25, 0.3) is 0 Å². The first-order valence-electron chi connectivity index (χ1n) is 9.56. The van der Waals surface area contributed by atoms with Gasteiger partial charge in [0.15, 0.2) is 0 Å². The Morgan fingerprint density at radius 2 is 1.96 bits per heavy atom. The van der Waals surface area contributed by atoms with Crippen molar-refractivity contribution in [2.75, 3.05) is 32.7 Å². The van der Waals surface area contributed by atoms with Crippen molar-refractivity contribution in [2.24, 2.45) is 11.7 Å². The molecule has 8 heteroatoms. The van der Waals surface area contributed by atoms with Gasteiger partial charge in [0.05, 0.1) is 5.92 Å². The van der Waals surface area contributed by atoms with Crippen molar-refractivity contribution in [3.8, 4) is 0 Å². The number of nitrogens with two attached hydrogens (primary N) is 1. The summed E-state index contributed by atoms with van der Waals surface area (Å²) in [6, 6.07) is 9.73. The quantitative estimate of drug-likeness (QED) is 0.672. The van der Waals surface area contributed by atoms with Gasteiger partial charge in [-0.1, -0.05) is 30.3 Å². The highest BCUT2D eigenvalue weighted by Crippen LogP contribution is 2.17. The Balaban J connectivity index is 0.00000392. The predicted octanol–water partition coefficient (Wildman–Crippen LogP) is 1.16. The van der Waals surface area contributed by atoms with E-state index in [1.165, 1.54) is 6.92 Å². The largest absolute Gasteiger partial charge is 0.355 e. The minimum absolute atomic E-state index is 0. The molecule has 7 nitrogen and oxygen atoms in total. The van der Waals surface area contributed by atoms with E-state index >= 15 is 0 Å². The SMILES string of the molecule is CC(=O)N(CCC(=O)N1CCCC(C(=O)NCCN)C1)Cc1ccccc1.Cl. The summed E-state index contributed by atoms with van der Waals surface area (Å²) >= 11 is 0. The Labute approximate surface area is 173 Å². The molecule has 3 N–H and O–H groups in total. The number of carbonyl (C=O) groups excluding carboxylic acids is 3. The molecule has 1 aromatic rings. The fourth-order valence-electron chi connectivity index (χ4n) is 3.30. The molecule has 2 rings (SSSR count). The van der Waals surface area contributed by atoms with E-state index in [4.69, 9.17) is 5.73 Å². The number of carbonyl (C=O) groups is 3. The van der Waals surface area contributed by atoms with Crippen LogP contribution in [0.3, 0.4) is 0 Å². The molecule has 28 heavy (non-hydrogen) atoms. The summed E-state index contributed by atoms with van der Waals surface area (Å²) in [6.07, 6.45) is 1.87. The van der Waals surface area contributed by atoms with Gasteiger partial charge in [0.1, 0.15) is 0 Å². The normalized spacial score (nSPS) is 16.1. The molecular weight excluding hydrogens is 380 g/mol. The summed E-state index contributed by atoms with van der Waals surface area (Å²) in [6.45, 7) is 4.36. The fourth-order valence-corrected chi connectivity index (χ4v) is 3.30. The highest BCUT2D eigenvalue weighted by molar-refractivity contribution is 5.85. The number of piperidine rings is 1. The summed E-state index contributed by atoms with van der Waals surface area (Å²) in [5.74, 6) is -0.273. The summed E-state index contributed by atoms with van der Waals surface area (Å²) < 4.78 is 0. The van der Waals surface area contributed by atoms with Crippen molar-refractivity contribution in [3.05, 3.63) is 35.9 Å². The Morgan fingerprint density at radius 1 is 1.25 bits per heavy atom. The van der Waals surface area contributed by atoms with E-state index in [9.17, 15) is 14.4 Å². The second-order valence-corrected chi connectivity index (χ2v) is 6.93. The number of halogens is 1. The molecule has 0 radical (unpaired) electrons. The molecule has 3 amide bonds. The van der Waals surface area contributed by atoms with E-state index < -0.39 is 0 Å². The van der Waals surface area contributed by atoms with Crippen molar-refractivity contribution in [2.45, 2.75) is 32.7 Å². The van der Waals surface area contributed by atoms with Crippen LogP contribution in [0.1, 0.15) is 31.7 Å². The average Bonchev–Trinajstić information content (AvgIpc) is 2.69. The first-order chi connectivity index (χ1) is 13.0. The van der Waals surface area contributed by atoms with E-state index in [1.807, 2.05) is 30.3 Å². The van der Waals surface area contributed by atoms with E-state index in [0.29, 0.717) is 39.3 Å². The van der Waals surface area contributed by atoms with Crippen LogP contribution in [0.4, 0.5) is 0 Å². The summed E-state index contributed by atoms with van der Waals surface area (Å²) in [4.78, 5) is 40.1. The molecule has 1 heterocycles. The number of likely N-dealkylation sites (tertiary alicyclic amines) is 1. The zero-order chi connectivity index (χ0) is 19.6. The Hall–Kier alpha value is -2.12. The second kappa shape index (κ2) is 12.4. The molecule has 1 aliphatic rings. The monoisotopic (exact) mass is 410 g/mol. The van der Waals surface area contributed by atoms with E-state index in [0.717, 1.165) is 18.4 Å². The molecule has 1 aliphatic heterocycles. The molecule has 156 valence electrons. The topological polar surface area (TPSA) is 95.7 Å². The third kappa shape index (κ3) is 7.48. The maximum absolute atomic E-state index is 12.6. The van der Waals surface area contributed by atoms with E-state index in [1.54, 1.807) is 9.80 Å². The minimum Gasteiger partial charge on any atom is -0.355 e. The summed E-state index contributed by atoms with van der Waals surface area (Å²) in [5, 5.41) is 2.80. The van der Waals surface area contributed by atoms with Gasteiger partial charge >= 0.3 is 0 Å². The van der Waals surface area contributed by atoms with Crippen LogP contribution in [0.5, 0.6) is 0 Å². The van der Waals surface area contributed by atoms with Crippen molar-refractivity contribution in [1.82, 2.24) is 15.1 Å². The Morgan fingerprint density at radius 3 is 2.61 bits per heavy atom. The zero-order valence-corrected chi connectivity index (χ0v) is 17.2. The highest BCUT2D eigenvalue weighted by atomic mass is 35.5. The molecule has 1 unspecified atom stereocenters. The highest BCUT2D eigenvalue weighted by Gasteiger charge is 2.28. The lowest BCUT2D eigenvalue weighted by atomic mass is 9.97. The molecule has 1 aromatic carbocycles. The van der Waals surface area contributed by atoms with E-state index in [2.05, 4.69) is 5.32 Å². The third-order valence-electron chi connectivity index (χ3n) is 4.85. The van der Waals surface area contributed by atoms with Crippen LogP contribution in [-0.2, 0) is 20.9 Å². The van der Waals surface area contributed by atoms with Gasteiger partial charge in [-0.25, -0.2) is 0 Å². The molecule has 1 saturated heterocycles. The Bertz CT molecular complexity index is 642. The standard InChI is InChI=1S/C20H30N4O3.ClH/c1-16(25)23(14-17-6-3-2-4-7-17)13-9-19(26)24-12-5-8-18(15-24)20(27)22-11-10-21;/h2-4,6-7,18H,5,8-15,21H2,1H3,(H,22,27);1H. The minimum atomic E-state index is -0.178. The molecule has 0 bridgehead atoms. The zero-order valence-electron chi connectivity index (χ0n) is 16.4. The predicted molar refractivity (Wildman–Crippen MR) is 111 cm³/mol. The van der Waals surface area contributed by atoms with Crippen molar-refractivity contribution in [3.63, 3.8) is 0 Å². The van der Waals surface area contributed by atoms with Crippen LogP contribution in [0.2, 0.25) is 0 Å². The van der Waals surface area contributed by atoms with E-state index in [-0.39, 0.29) is 42.5 Å². The van der Waals surface area contributed by atoms with Crippen molar-refractivity contribution < 1.29 is 14.4 Å². The number of nitrogens with one attached hydrogen (secondary N) is 1. The van der Waals surface area contributed by atoms with Crippen molar-refractivity contribution >= 4 is 30.1 Å². The van der Waals surface area contributed by atoms with Crippen LogP contribution in [0, 0.1) is 5.92 Å². The number of hydrogen-bond donors (Lipinski definition) is 2. The van der Waals surface area contributed by atoms with Crippen LogP contribution < -0.4 is 11.1 Å². The third-order valence-corrected chi connectivity index (χ3v) is 4.85. The van der Waals surface area contributed by atoms with Gasteiger partial charge in [0, 0.05) is 52.6 Å². The molecule has 0 aliphatic carbocycles. The first kappa shape index (κ1) is 23.9. The summed E-state index contributed by atoms with van der Waals surface area (Å²) in [7, 11) is 0. The van der Waals surface area contributed by atoms with Gasteiger partial charge < -0.3 is 20.9 Å². The maximum atomic E-state index is 12.6. The molecule has 0 saturated carbocycles. The second-order valence-electron chi connectivity index (χ2n) is 6.93. The summed E-state index contributed by atoms with van der Waals surface area (Å²) in [5.41, 5.74) is 6.45. The van der Waals surface area contributed by atoms with Crippen molar-refractivity contribution in [1.29, 1.82) is 0 Å². The van der Waals surface area contributed by atoms with Crippen LogP contribution >= 0.6 is 12.4 Å². The molecule has 0 spiro atoms. The smallest absolute Gasteiger partial charge is 0.224 e. The molecule has 1 fully saturated rings. The van der Waals surface area contributed by atoms with Gasteiger partial charge in [0.2, 0.25) is 17.7 Å². The van der Waals surface area contributed by atoms with Gasteiger partial charge in [-0.3, -0.25) is 14.4 Å². The fraction of sp³-hybridized carbons (Fsp3) is 0.550.